The molecule has 0 fully saturated rings. The van der Waals surface area contributed by atoms with Crippen LogP contribution in [0.3, 0.4) is 0 Å². The van der Waals surface area contributed by atoms with E-state index in [1.165, 1.54) is 7.11 Å². The molecule has 27 heavy (non-hydrogen) atoms. The highest BCUT2D eigenvalue weighted by molar-refractivity contribution is 6.31. The molecule has 1 unspecified atom stereocenters. The number of carbonyl (C=O) groups is 2. The first kappa shape index (κ1) is 19.2. The van der Waals surface area contributed by atoms with E-state index in [4.69, 9.17) is 16.3 Å². The summed E-state index contributed by atoms with van der Waals surface area (Å²) in [5.74, 6) is -0.877. The largest absolute Gasteiger partial charge is 0.466 e. The van der Waals surface area contributed by atoms with Gasteiger partial charge in [-0.15, -0.1) is 0 Å². The fourth-order valence-corrected chi connectivity index (χ4v) is 3.86. The Kier molecular flexibility index (Phi) is 5.66. The van der Waals surface area contributed by atoms with Gasteiger partial charge in [0.1, 0.15) is 0 Å². The monoisotopic (exact) mass is 383 g/mol. The standard InChI is InChI=1S/C22H22ClNO3/c1-14-7-6-8-16(11-14)13-24-15(2)21(22(26)27-3)18(12-20(24)25)17-9-4-5-10-19(17)23/h4-11,18H,12-13H2,1-3H3. The Labute approximate surface area is 164 Å². The predicted octanol–water partition coefficient (Wildman–Crippen LogP) is 4.61. The van der Waals surface area contributed by atoms with Gasteiger partial charge in [0.05, 0.1) is 19.2 Å². The van der Waals surface area contributed by atoms with Crippen molar-refractivity contribution in [3.63, 3.8) is 0 Å². The molecule has 0 radical (unpaired) electrons. The molecule has 2 aromatic rings. The summed E-state index contributed by atoms with van der Waals surface area (Å²) in [6.07, 6.45) is 0.178. The van der Waals surface area contributed by atoms with Gasteiger partial charge in [-0.05, 0) is 31.0 Å². The zero-order valence-corrected chi connectivity index (χ0v) is 16.4. The van der Waals surface area contributed by atoms with Gasteiger partial charge >= 0.3 is 5.97 Å². The quantitative estimate of drug-likeness (QED) is 0.724. The van der Waals surface area contributed by atoms with Gasteiger partial charge in [0.2, 0.25) is 5.91 Å². The number of ether oxygens (including phenoxy) is 1. The van der Waals surface area contributed by atoms with Gasteiger partial charge in [-0.3, -0.25) is 4.79 Å². The molecule has 0 aromatic heterocycles. The third kappa shape index (κ3) is 3.91. The molecule has 1 heterocycles. The lowest BCUT2D eigenvalue weighted by molar-refractivity contribution is -0.138. The van der Waals surface area contributed by atoms with Crippen LogP contribution in [0.25, 0.3) is 0 Å². The van der Waals surface area contributed by atoms with Gasteiger partial charge in [0, 0.05) is 23.1 Å². The second-order valence-electron chi connectivity index (χ2n) is 6.74. The van der Waals surface area contributed by atoms with E-state index in [1.54, 1.807) is 17.9 Å². The molecule has 5 heteroatoms. The molecule has 0 N–H and O–H groups in total. The minimum absolute atomic E-state index is 0.0356. The lowest BCUT2D eigenvalue weighted by atomic mass is 9.83. The first-order chi connectivity index (χ1) is 12.9. The summed E-state index contributed by atoms with van der Waals surface area (Å²) < 4.78 is 5.03. The lowest BCUT2D eigenvalue weighted by Crippen LogP contribution is -2.38. The van der Waals surface area contributed by atoms with Crippen LogP contribution in [0.15, 0.2) is 59.8 Å². The van der Waals surface area contributed by atoms with Crippen LogP contribution in [0, 0.1) is 6.92 Å². The van der Waals surface area contributed by atoms with Crippen molar-refractivity contribution in [2.75, 3.05) is 7.11 Å². The zero-order chi connectivity index (χ0) is 19.6. The second kappa shape index (κ2) is 7.97. The maximum Gasteiger partial charge on any atom is 0.336 e. The third-order valence-corrected chi connectivity index (χ3v) is 5.28. The second-order valence-corrected chi connectivity index (χ2v) is 7.15. The molecule has 0 aliphatic carbocycles. The Morgan fingerprint density at radius 1 is 1.19 bits per heavy atom. The van der Waals surface area contributed by atoms with Crippen LogP contribution in [-0.4, -0.2) is 23.9 Å². The van der Waals surface area contributed by atoms with Gasteiger partial charge in [0.25, 0.3) is 0 Å². The van der Waals surface area contributed by atoms with E-state index < -0.39 is 11.9 Å². The van der Waals surface area contributed by atoms with Crippen LogP contribution in [0.4, 0.5) is 0 Å². The molecular weight excluding hydrogens is 362 g/mol. The van der Waals surface area contributed by atoms with E-state index in [1.807, 2.05) is 49.4 Å². The molecule has 1 aliphatic rings. The third-order valence-electron chi connectivity index (χ3n) is 4.93. The Morgan fingerprint density at radius 3 is 2.59 bits per heavy atom. The highest BCUT2D eigenvalue weighted by atomic mass is 35.5. The van der Waals surface area contributed by atoms with Gasteiger partial charge in [-0.2, -0.15) is 0 Å². The van der Waals surface area contributed by atoms with Crippen molar-refractivity contribution < 1.29 is 14.3 Å². The Morgan fingerprint density at radius 2 is 1.93 bits per heavy atom. The van der Waals surface area contributed by atoms with Gasteiger partial charge in [-0.25, -0.2) is 4.79 Å². The molecular formula is C22H22ClNO3. The maximum absolute atomic E-state index is 12.9. The highest BCUT2D eigenvalue weighted by Crippen LogP contribution is 2.40. The molecule has 3 rings (SSSR count). The molecule has 4 nitrogen and oxygen atoms in total. The average molecular weight is 384 g/mol. The molecule has 0 saturated carbocycles. The number of esters is 1. The Bertz CT molecular complexity index is 919. The molecule has 0 bridgehead atoms. The van der Waals surface area contributed by atoms with Crippen molar-refractivity contribution in [2.24, 2.45) is 0 Å². The van der Waals surface area contributed by atoms with E-state index in [9.17, 15) is 9.59 Å². The summed E-state index contributed by atoms with van der Waals surface area (Å²) in [6.45, 7) is 4.22. The number of aryl methyl sites for hydroxylation is 1. The summed E-state index contributed by atoms with van der Waals surface area (Å²) in [5, 5.41) is 0.539. The summed E-state index contributed by atoms with van der Waals surface area (Å²) in [5.41, 5.74) is 4.01. The summed E-state index contributed by atoms with van der Waals surface area (Å²) in [7, 11) is 1.35. The summed E-state index contributed by atoms with van der Waals surface area (Å²) >= 11 is 6.35. The van der Waals surface area contributed by atoms with Crippen LogP contribution in [-0.2, 0) is 20.9 Å². The van der Waals surface area contributed by atoms with Crippen molar-refractivity contribution in [1.29, 1.82) is 0 Å². The van der Waals surface area contributed by atoms with E-state index in [0.717, 1.165) is 16.7 Å². The molecule has 1 amide bonds. The molecule has 1 atom stereocenters. The van der Waals surface area contributed by atoms with E-state index in [0.29, 0.717) is 22.8 Å². The lowest BCUT2D eigenvalue weighted by Gasteiger charge is -2.34. The van der Waals surface area contributed by atoms with E-state index in [2.05, 4.69) is 0 Å². The number of amides is 1. The predicted molar refractivity (Wildman–Crippen MR) is 105 cm³/mol. The minimum atomic E-state index is -0.431. The van der Waals surface area contributed by atoms with Gasteiger partial charge in [0.15, 0.2) is 0 Å². The number of carbonyl (C=O) groups excluding carboxylic acids is 2. The summed E-state index contributed by atoms with van der Waals surface area (Å²) in [4.78, 5) is 27.2. The number of hydrogen-bond acceptors (Lipinski definition) is 3. The van der Waals surface area contributed by atoms with Crippen molar-refractivity contribution in [2.45, 2.75) is 32.7 Å². The first-order valence-electron chi connectivity index (χ1n) is 8.81. The Hall–Kier alpha value is -2.59. The van der Waals surface area contributed by atoms with Crippen molar-refractivity contribution in [3.05, 3.63) is 81.5 Å². The van der Waals surface area contributed by atoms with Crippen molar-refractivity contribution in [3.8, 4) is 0 Å². The van der Waals surface area contributed by atoms with Crippen LogP contribution in [0.2, 0.25) is 5.02 Å². The van der Waals surface area contributed by atoms with Crippen LogP contribution in [0.5, 0.6) is 0 Å². The topological polar surface area (TPSA) is 46.6 Å². The molecule has 2 aromatic carbocycles. The molecule has 1 aliphatic heterocycles. The number of methoxy groups -OCH3 is 1. The number of halogens is 1. The molecule has 140 valence electrons. The average Bonchev–Trinajstić information content (AvgIpc) is 2.64. The normalized spacial score (nSPS) is 17.3. The highest BCUT2D eigenvalue weighted by Gasteiger charge is 2.37. The van der Waals surface area contributed by atoms with E-state index >= 15 is 0 Å². The molecule has 0 spiro atoms. The van der Waals surface area contributed by atoms with Gasteiger partial charge in [-0.1, -0.05) is 59.6 Å². The zero-order valence-electron chi connectivity index (χ0n) is 15.7. The number of hydrogen-bond donors (Lipinski definition) is 0. The van der Waals surface area contributed by atoms with Crippen molar-refractivity contribution in [1.82, 2.24) is 4.90 Å². The number of allylic oxidation sites excluding steroid dienone is 1. The smallest absolute Gasteiger partial charge is 0.336 e. The van der Waals surface area contributed by atoms with Crippen LogP contribution in [0.1, 0.15) is 36.0 Å². The van der Waals surface area contributed by atoms with Crippen molar-refractivity contribution >= 4 is 23.5 Å². The maximum atomic E-state index is 12.9. The summed E-state index contributed by atoms with van der Waals surface area (Å²) in [6, 6.07) is 15.3. The SMILES string of the molecule is COC(=O)C1=C(C)N(Cc2cccc(C)c2)C(=O)CC1c1ccccc1Cl. The number of benzene rings is 2. The Balaban J connectivity index is 2.05. The fraction of sp³-hybridized carbons (Fsp3) is 0.273. The van der Waals surface area contributed by atoms with Gasteiger partial charge < -0.3 is 9.64 Å². The van der Waals surface area contributed by atoms with Crippen LogP contribution < -0.4 is 0 Å². The van der Waals surface area contributed by atoms with Crippen LogP contribution >= 0.6 is 11.6 Å². The molecule has 0 saturated heterocycles. The number of rotatable bonds is 4. The first-order valence-corrected chi connectivity index (χ1v) is 9.19. The minimum Gasteiger partial charge on any atom is -0.466 e. The fourth-order valence-electron chi connectivity index (χ4n) is 3.59. The van der Waals surface area contributed by atoms with E-state index in [-0.39, 0.29) is 12.3 Å². The number of nitrogens with zero attached hydrogens (tertiary/aromatic N) is 1.